The molecule has 6 nitrogen and oxygen atoms in total. The number of para-hydroxylation sites is 1. The Balaban J connectivity index is 1.46. The van der Waals surface area contributed by atoms with E-state index in [0.717, 1.165) is 35.4 Å². The molecule has 0 amide bonds. The Bertz CT molecular complexity index is 1010. The first-order chi connectivity index (χ1) is 11.1. The summed E-state index contributed by atoms with van der Waals surface area (Å²) in [6.45, 7) is 1.67. The van der Waals surface area contributed by atoms with Gasteiger partial charge in [0, 0.05) is 18.5 Å². The Hall–Kier alpha value is -2.15. The molecule has 2 aromatic heterocycles. The molecule has 7 heteroatoms. The molecule has 0 N–H and O–H groups in total. The number of anilines is 1. The number of furan rings is 1. The van der Waals surface area contributed by atoms with Gasteiger partial charge in [-0.05, 0) is 24.0 Å². The van der Waals surface area contributed by atoms with Crippen molar-refractivity contribution in [3.05, 3.63) is 30.6 Å². The Morgan fingerprint density at radius 3 is 2.65 bits per heavy atom. The van der Waals surface area contributed by atoms with Crippen LogP contribution in [0, 0.1) is 11.8 Å². The van der Waals surface area contributed by atoms with Crippen LogP contribution in [0.4, 0.5) is 5.82 Å². The second-order valence-corrected chi connectivity index (χ2v) is 8.63. The Morgan fingerprint density at radius 2 is 1.87 bits per heavy atom. The maximum absolute atomic E-state index is 11.3. The van der Waals surface area contributed by atoms with E-state index in [1.54, 1.807) is 6.33 Å². The molecule has 2 fully saturated rings. The first kappa shape index (κ1) is 13.3. The molecular weight excluding hydrogens is 314 g/mol. The summed E-state index contributed by atoms with van der Waals surface area (Å²) in [6.07, 6.45) is 1.57. The van der Waals surface area contributed by atoms with E-state index >= 15 is 0 Å². The van der Waals surface area contributed by atoms with E-state index in [1.165, 1.54) is 0 Å². The van der Waals surface area contributed by atoms with Crippen LogP contribution in [0.1, 0.15) is 0 Å². The smallest absolute Gasteiger partial charge is 0.196 e. The topological polar surface area (TPSA) is 76.3 Å². The Labute approximate surface area is 133 Å². The van der Waals surface area contributed by atoms with Crippen molar-refractivity contribution >= 4 is 37.7 Å². The molecule has 0 saturated carbocycles. The van der Waals surface area contributed by atoms with Gasteiger partial charge in [-0.15, -0.1) is 0 Å². The predicted octanol–water partition coefficient (Wildman–Crippen LogP) is 1.86. The van der Waals surface area contributed by atoms with Gasteiger partial charge < -0.3 is 9.32 Å². The minimum Gasteiger partial charge on any atom is -0.450 e. The number of hydrogen-bond donors (Lipinski definition) is 0. The lowest BCUT2D eigenvalue weighted by Crippen LogP contribution is -2.56. The average molecular weight is 329 g/mol. The van der Waals surface area contributed by atoms with Crippen LogP contribution in [0.3, 0.4) is 0 Å². The van der Waals surface area contributed by atoms with E-state index in [2.05, 4.69) is 14.9 Å². The van der Waals surface area contributed by atoms with Crippen LogP contribution >= 0.6 is 0 Å². The lowest BCUT2D eigenvalue weighted by Gasteiger charge is -2.46. The van der Waals surface area contributed by atoms with Crippen LogP contribution in [-0.2, 0) is 9.84 Å². The fourth-order valence-corrected chi connectivity index (χ4v) is 5.35. The van der Waals surface area contributed by atoms with Crippen LogP contribution in [0.15, 0.2) is 35.0 Å². The van der Waals surface area contributed by atoms with Gasteiger partial charge in [0.2, 0.25) is 0 Å². The highest BCUT2D eigenvalue weighted by Crippen LogP contribution is 2.38. The quantitative estimate of drug-likeness (QED) is 0.714. The lowest BCUT2D eigenvalue weighted by molar-refractivity contribution is 0.294. The van der Waals surface area contributed by atoms with E-state index in [4.69, 9.17) is 4.42 Å². The van der Waals surface area contributed by atoms with Gasteiger partial charge in [-0.3, -0.25) is 0 Å². The third-order valence-electron chi connectivity index (χ3n) is 4.95. The molecule has 2 saturated heterocycles. The van der Waals surface area contributed by atoms with Gasteiger partial charge >= 0.3 is 0 Å². The molecule has 2 aliphatic rings. The molecule has 0 aliphatic carbocycles. The van der Waals surface area contributed by atoms with Gasteiger partial charge in [0.15, 0.2) is 21.2 Å². The van der Waals surface area contributed by atoms with Crippen LogP contribution in [0.25, 0.3) is 22.1 Å². The van der Waals surface area contributed by atoms with Crippen molar-refractivity contribution in [2.45, 2.75) is 0 Å². The van der Waals surface area contributed by atoms with Crippen molar-refractivity contribution in [3.63, 3.8) is 0 Å². The summed E-state index contributed by atoms with van der Waals surface area (Å²) in [4.78, 5) is 10.9. The number of rotatable bonds is 2. The van der Waals surface area contributed by atoms with E-state index in [0.29, 0.717) is 28.9 Å². The largest absolute Gasteiger partial charge is 0.450 e. The highest BCUT2D eigenvalue weighted by atomic mass is 32.2. The number of hydrogen-bond acceptors (Lipinski definition) is 6. The summed E-state index contributed by atoms with van der Waals surface area (Å²) >= 11 is 0. The zero-order valence-corrected chi connectivity index (χ0v) is 13.2. The number of nitrogens with zero attached hydrogens (tertiary/aromatic N) is 3. The third-order valence-corrected chi connectivity index (χ3v) is 6.82. The molecule has 23 heavy (non-hydrogen) atoms. The molecule has 5 rings (SSSR count). The van der Waals surface area contributed by atoms with Crippen molar-refractivity contribution in [1.29, 1.82) is 0 Å². The molecular formula is C16H15N3O3S. The molecule has 4 heterocycles. The summed E-state index contributed by atoms with van der Waals surface area (Å²) in [6, 6.07) is 7.83. The number of benzene rings is 1. The zero-order chi connectivity index (χ0) is 15.6. The highest BCUT2D eigenvalue weighted by Gasteiger charge is 2.44. The van der Waals surface area contributed by atoms with E-state index in [-0.39, 0.29) is 0 Å². The second kappa shape index (κ2) is 4.44. The third kappa shape index (κ3) is 1.96. The Morgan fingerprint density at radius 1 is 1.09 bits per heavy atom. The van der Waals surface area contributed by atoms with Crippen LogP contribution in [0.2, 0.25) is 0 Å². The first-order valence-electron chi connectivity index (χ1n) is 7.68. The normalized spacial score (nSPS) is 21.5. The van der Waals surface area contributed by atoms with Crippen molar-refractivity contribution < 1.29 is 12.8 Å². The molecule has 3 aromatic rings. The molecule has 118 valence electrons. The minimum atomic E-state index is -2.75. The van der Waals surface area contributed by atoms with Crippen molar-refractivity contribution in [2.24, 2.45) is 11.8 Å². The molecule has 0 unspecified atom stereocenters. The van der Waals surface area contributed by atoms with Crippen LogP contribution < -0.4 is 4.90 Å². The van der Waals surface area contributed by atoms with E-state index in [1.807, 2.05) is 24.3 Å². The van der Waals surface area contributed by atoms with Gasteiger partial charge in [0.25, 0.3) is 0 Å². The summed E-state index contributed by atoms with van der Waals surface area (Å²) in [7, 11) is -2.75. The van der Waals surface area contributed by atoms with Crippen LogP contribution in [-0.4, -0.2) is 43.0 Å². The van der Waals surface area contributed by atoms with E-state index in [9.17, 15) is 8.42 Å². The monoisotopic (exact) mass is 329 g/mol. The number of sulfone groups is 1. The van der Waals surface area contributed by atoms with Gasteiger partial charge in [0.05, 0.1) is 11.5 Å². The minimum absolute atomic E-state index is 0.309. The highest BCUT2D eigenvalue weighted by molar-refractivity contribution is 7.92. The summed E-state index contributed by atoms with van der Waals surface area (Å²) < 4.78 is 28.6. The lowest BCUT2D eigenvalue weighted by atomic mass is 9.87. The molecule has 0 spiro atoms. The number of fused-ring (bicyclic) bond motifs is 3. The van der Waals surface area contributed by atoms with Gasteiger partial charge in [-0.25, -0.2) is 18.4 Å². The number of aromatic nitrogens is 2. The second-order valence-electron chi connectivity index (χ2n) is 6.48. The Kier molecular flexibility index (Phi) is 2.57. The van der Waals surface area contributed by atoms with Crippen molar-refractivity contribution in [2.75, 3.05) is 29.5 Å². The molecule has 0 bridgehead atoms. The maximum Gasteiger partial charge on any atom is 0.196 e. The fourth-order valence-electron chi connectivity index (χ4n) is 3.60. The predicted molar refractivity (Wildman–Crippen MR) is 87.2 cm³/mol. The van der Waals surface area contributed by atoms with Crippen LogP contribution in [0.5, 0.6) is 0 Å². The van der Waals surface area contributed by atoms with Gasteiger partial charge in [-0.2, -0.15) is 0 Å². The fraction of sp³-hybridized carbons (Fsp3) is 0.375. The molecule has 0 radical (unpaired) electrons. The summed E-state index contributed by atoms with van der Waals surface area (Å²) in [5, 5.41) is 0.994. The maximum atomic E-state index is 11.3. The SMILES string of the molecule is O=S1(=O)CC(C2CN(c3ncnc4c3oc3ccccc34)C2)C1. The molecule has 1 aromatic carbocycles. The standard InChI is InChI=1S/C16H15N3O3S/c20-23(21)7-11(8-23)10-5-19(6-10)16-15-14(17-9-18-16)12-3-1-2-4-13(12)22-15/h1-4,9-11H,5-8H2. The van der Waals surface area contributed by atoms with E-state index < -0.39 is 9.84 Å². The van der Waals surface area contributed by atoms with Gasteiger partial charge in [-0.1, -0.05) is 12.1 Å². The summed E-state index contributed by atoms with van der Waals surface area (Å²) in [5.74, 6) is 2.24. The summed E-state index contributed by atoms with van der Waals surface area (Å²) in [5.41, 5.74) is 2.36. The van der Waals surface area contributed by atoms with Gasteiger partial charge in [0.1, 0.15) is 17.4 Å². The average Bonchev–Trinajstić information content (AvgIpc) is 2.83. The first-order valence-corrected chi connectivity index (χ1v) is 9.50. The molecule has 2 aliphatic heterocycles. The molecule has 0 atom stereocenters. The zero-order valence-electron chi connectivity index (χ0n) is 12.3. The van der Waals surface area contributed by atoms with Crippen molar-refractivity contribution in [1.82, 2.24) is 9.97 Å². The van der Waals surface area contributed by atoms with Crippen molar-refractivity contribution in [3.8, 4) is 0 Å².